The zero-order valence-corrected chi connectivity index (χ0v) is 11.6. The first-order valence-electron chi connectivity index (χ1n) is 6.24. The number of anilines is 2. The summed E-state index contributed by atoms with van der Waals surface area (Å²) in [6.45, 7) is 0. The van der Waals surface area contributed by atoms with Crippen molar-refractivity contribution in [1.29, 1.82) is 0 Å². The average molecular weight is 310 g/mol. The number of benzene rings is 2. The zero-order chi connectivity index (χ0) is 16.3. The van der Waals surface area contributed by atoms with Crippen molar-refractivity contribution in [3.05, 3.63) is 53.6 Å². The number of nitrogens with one attached hydrogen (secondary N) is 1. The highest BCUT2D eigenvalue weighted by Gasteiger charge is 2.33. The van der Waals surface area contributed by atoms with Crippen molar-refractivity contribution in [3.8, 4) is 5.75 Å². The van der Waals surface area contributed by atoms with Crippen LogP contribution in [0.3, 0.4) is 0 Å². The third kappa shape index (κ3) is 3.13. The van der Waals surface area contributed by atoms with E-state index in [9.17, 15) is 18.0 Å². The van der Waals surface area contributed by atoms with Crippen molar-refractivity contribution in [2.45, 2.75) is 6.18 Å². The van der Waals surface area contributed by atoms with E-state index in [1.54, 1.807) is 18.2 Å². The summed E-state index contributed by atoms with van der Waals surface area (Å²) >= 11 is 0. The predicted molar refractivity (Wildman–Crippen MR) is 76.8 cm³/mol. The quantitative estimate of drug-likeness (QED) is 0.852. The Bertz CT molecular complexity index is 699. The van der Waals surface area contributed by atoms with E-state index in [0.29, 0.717) is 5.75 Å². The number of amides is 1. The number of rotatable bonds is 3. The van der Waals surface area contributed by atoms with Crippen LogP contribution in [0.1, 0.15) is 15.9 Å². The van der Waals surface area contributed by atoms with E-state index >= 15 is 0 Å². The van der Waals surface area contributed by atoms with Crippen LogP contribution in [-0.2, 0) is 6.18 Å². The highest BCUT2D eigenvalue weighted by atomic mass is 19.4. The summed E-state index contributed by atoms with van der Waals surface area (Å²) in [7, 11) is 1.39. The van der Waals surface area contributed by atoms with Crippen molar-refractivity contribution in [2.24, 2.45) is 0 Å². The van der Waals surface area contributed by atoms with Gasteiger partial charge < -0.3 is 15.8 Å². The van der Waals surface area contributed by atoms with Crippen molar-refractivity contribution in [2.75, 3.05) is 18.2 Å². The van der Waals surface area contributed by atoms with Gasteiger partial charge in [0, 0.05) is 0 Å². The second kappa shape index (κ2) is 5.97. The van der Waals surface area contributed by atoms with Crippen LogP contribution in [0.25, 0.3) is 0 Å². The summed E-state index contributed by atoms with van der Waals surface area (Å²) in [6.07, 6.45) is -4.59. The van der Waals surface area contributed by atoms with Crippen LogP contribution >= 0.6 is 0 Å². The fourth-order valence-corrected chi connectivity index (χ4v) is 1.94. The Balaban J connectivity index is 2.34. The Labute approximate surface area is 124 Å². The third-order valence-electron chi connectivity index (χ3n) is 3.01. The van der Waals surface area contributed by atoms with Gasteiger partial charge in [-0.2, -0.15) is 13.2 Å². The Hall–Kier alpha value is -2.70. The van der Waals surface area contributed by atoms with Crippen molar-refractivity contribution < 1.29 is 22.7 Å². The number of methoxy groups -OCH3 is 1. The predicted octanol–water partition coefficient (Wildman–Crippen LogP) is 3.55. The van der Waals surface area contributed by atoms with Gasteiger partial charge in [-0.05, 0) is 24.3 Å². The van der Waals surface area contributed by atoms with Gasteiger partial charge in [0.1, 0.15) is 5.75 Å². The number of carbonyl (C=O) groups is 1. The SMILES string of the molecule is COc1ccccc1C(=O)Nc1cccc(C(F)(F)F)c1N. The molecule has 0 atom stereocenters. The topological polar surface area (TPSA) is 64.3 Å². The van der Waals surface area contributed by atoms with Crippen LogP contribution in [0, 0.1) is 0 Å². The molecular formula is C15H13F3N2O2. The molecule has 0 radical (unpaired) electrons. The minimum Gasteiger partial charge on any atom is -0.496 e. The molecule has 22 heavy (non-hydrogen) atoms. The lowest BCUT2D eigenvalue weighted by molar-refractivity contribution is -0.136. The first kappa shape index (κ1) is 15.7. The molecule has 7 heteroatoms. The number of hydrogen-bond acceptors (Lipinski definition) is 3. The Morgan fingerprint density at radius 3 is 2.45 bits per heavy atom. The molecule has 2 aromatic carbocycles. The molecule has 0 saturated heterocycles. The van der Waals surface area contributed by atoms with Gasteiger partial charge in [-0.25, -0.2) is 0 Å². The van der Waals surface area contributed by atoms with E-state index in [-0.39, 0.29) is 11.3 Å². The van der Waals surface area contributed by atoms with E-state index in [1.165, 1.54) is 25.3 Å². The van der Waals surface area contributed by atoms with Gasteiger partial charge in [0.15, 0.2) is 0 Å². The highest BCUT2D eigenvalue weighted by Crippen LogP contribution is 2.37. The second-order valence-electron chi connectivity index (χ2n) is 4.42. The van der Waals surface area contributed by atoms with Gasteiger partial charge in [-0.15, -0.1) is 0 Å². The fraction of sp³-hybridized carbons (Fsp3) is 0.133. The molecule has 2 aromatic rings. The fourth-order valence-electron chi connectivity index (χ4n) is 1.94. The minimum atomic E-state index is -4.59. The molecule has 0 heterocycles. The van der Waals surface area contributed by atoms with Gasteiger partial charge in [-0.3, -0.25) is 4.79 Å². The first-order chi connectivity index (χ1) is 10.3. The molecule has 0 fully saturated rings. The maximum absolute atomic E-state index is 12.8. The summed E-state index contributed by atoms with van der Waals surface area (Å²) in [5, 5.41) is 2.37. The summed E-state index contributed by atoms with van der Waals surface area (Å²) in [5.74, 6) is -0.297. The van der Waals surface area contributed by atoms with Crippen molar-refractivity contribution >= 4 is 17.3 Å². The third-order valence-corrected chi connectivity index (χ3v) is 3.01. The number of carbonyl (C=O) groups excluding carboxylic acids is 1. The number of ether oxygens (including phenoxy) is 1. The number of hydrogen-bond donors (Lipinski definition) is 2. The van der Waals surface area contributed by atoms with E-state index < -0.39 is 23.3 Å². The molecule has 0 aromatic heterocycles. The maximum atomic E-state index is 12.8. The smallest absolute Gasteiger partial charge is 0.418 e. The normalized spacial score (nSPS) is 11.1. The maximum Gasteiger partial charge on any atom is 0.418 e. The van der Waals surface area contributed by atoms with E-state index in [0.717, 1.165) is 6.07 Å². The molecule has 4 nitrogen and oxygen atoms in total. The number of para-hydroxylation sites is 2. The molecule has 0 aliphatic heterocycles. The number of nitrogens with two attached hydrogens (primary N) is 1. The van der Waals surface area contributed by atoms with Crippen LogP contribution in [0.5, 0.6) is 5.75 Å². The van der Waals surface area contributed by atoms with E-state index in [2.05, 4.69) is 5.32 Å². The Kier molecular flexibility index (Phi) is 4.25. The lowest BCUT2D eigenvalue weighted by Crippen LogP contribution is -2.16. The van der Waals surface area contributed by atoms with Crippen LogP contribution < -0.4 is 15.8 Å². The van der Waals surface area contributed by atoms with Crippen LogP contribution in [0.2, 0.25) is 0 Å². The first-order valence-corrected chi connectivity index (χ1v) is 6.24. The summed E-state index contributed by atoms with van der Waals surface area (Å²) in [4.78, 5) is 12.2. The molecule has 1 amide bonds. The summed E-state index contributed by atoms with van der Waals surface area (Å²) in [6, 6.07) is 9.70. The van der Waals surface area contributed by atoms with Gasteiger partial charge in [0.05, 0.1) is 29.6 Å². The van der Waals surface area contributed by atoms with Gasteiger partial charge in [0.2, 0.25) is 0 Å². The number of halogens is 3. The van der Waals surface area contributed by atoms with E-state index in [4.69, 9.17) is 10.5 Å². The van der Waals surface area contributed by atoms with Crippen molar-refractivity contribution in [3.63, 3.8) is 0 Å². The van der Waals surface area contributed by atoms with Gasteiger partial charge >= 0.3 is 6.18 Å². The molecule has 2 rings (SSSR count). The molecule has 0 spiro atoms. The largest absolute Gasteiger partial charge is 0.496 e. The molecule has 0 aliphatic rings. The summed E-state index contributed by atoms with van der Waals surface area (Å²) < 4.78 is 43.4. The summed E-state index contributed by atoms with van der Waals surface area (Å²) in [5.41, 5.74) is 4.07. The minimum absolute atomic E-state index is 0.106. The second-order valence-corrected chi connectivity index (χ2v) is 4.42. The van der Waals surface area contributed by atoms with Crippen LogP contribution in [0.15, 0.2) is 42.5 Å². The van der Waals surface area contributed by atoms with Crippen molar-refractivity contribution in [1.82, 2.24) is 0 Å². The van der Waals surface area contributed by atoms with E-state index in [1.807, 2.05) is 0 Å². The standard InChI is InChI=1S/C15H13F3N2O2/c1-22-12-8-3-2-5-9(12)14(21)20-11-7-4-6-10(13(11)19)15(16,17)18/h2-8H,19H2,1H3,(H,20,21). The average Bonchev–Trinajstić information content (AvgIpc) is 2.48. The molecule has 0 bridgehead atoms. The number of alkyl halides is 3. The van der Waals surface area contributed by atoms with Gasteiger partial charge in [0.25, 0.3) is 5.91 Å². The van der Waals surface area contributed by atoms with Crippen LogP contribution in [-0.4, -0.2) is 13.0 Å². The Morgan fingerprint density at radius 1 is 1.14 bits per heavy atom. The van der Waals surface area contributed by atoms with Crippen LogP contribution in [0.4, 0.5) is 24.5 Å². The van der Waals surface area contributed by atoms with Gasteiger partial charge in [-0.1, -0.05) is 18.2 Å². The lowest BCUT2D eigenvalue weighted by Gasteiger charge is -2.15. The molecule has 3 N–H and O–H groups in total. The molecule has 116 valence electrons. The highest BCUT2D eigenvalue weighted by molar-refractivity contribution is 6.07. The monoisotopic (exact) mass is 310 g/mol. The molecule has 0 saturated carbocycles. The molecule has 0 aliphatic carbocycles. The number of nitrogen functional groups attached to an aromatic ring is 1. The Morgan fingerprint density at radius 2 is 1.82 bits per heavy atom. The molecular weight excluding hydrogens is 297 g/mol. The lowest BCUT2D eigenvalue weighted by atomic mass is 10.1. The molecule has 0 unspecified atom stereocenters. The zero-order valence-electron chi connectivity index (χ0n) is 11.6.